The maximum Gasteiger partial charge on any atom is 0.408 e. The molecule has 0 fully saturated rings. The highest BCUT2D eigenvalue weighted by molar-refractivity contribution is 5.95. The molecule has 0 aliphatic carbocycles. The molecule has 4 amide bonds. The lowest BCUT2D eigenvalue weighted by Gasteiger charge is -2.28. The van der Waals surface area contributed by atoms with Crippen LogP contribution in [-0.2, 0) is 46.3 Å². The average Bonchev–Trinajstić information content (AvgIpc) is 3.06. The fourth-order valence-corrected chi connectivity index (χ4v) is 5.52. The van der Waals surface area contributed by atoms with Gasteiger partial charge in [-0.25, -0.2) is 9.59 Å². The second-order valence-electron chi connectivity index (χ2n) is 14.7. The number of Topliss-reactive ketones (excluding diaryl/α,β-unsaturated/α-hetero) is 1. The molecule has 2 aromatic rings. The number of hydrogen-bond donors (Lipinski definition) is 5. The molecular weight excluding hydrogens is 668 g/mol. The molecule has 3 rings (SSSR count). The zero-order valence-corrected chi connectivity index (χ0v) is 30.9. The Hall–Kier alpha value is -5.20. The summed E-state index contributed by atoms with van der Waals surface area (Å²) in [6.45, 7) is 11.9. The van der Waals surface area contributed by atoms with Gasteiger partial charge in [0.25, 0.3) is 0 Å². The summed E-state index contributed by atoms with van der Waals surface area (Å²) in [7, 11) is 0. The van der Waals surface area contributed by atoms with Crippen LogP contribution in [0.4, 0.5) is 4.79 Å². The molecular formula is C39H52N4O9. The van der Waals surface area contributed by atoms with Crippen LogP contribution in [0.25, 0.3) is 0 Å². The predicted molar refractivity (Wildman–Crippen MR) is 194 cm³/mol. The summed E-state index contributed by atoms with van der Waals surface area (Å²) in [4.78, 5) is 79.9. The Morgan fingerprint density at radius 1 is 0.923 bits per heavy atom. The zero-order valence-electron chi connectivity index (χ0n) is 30.9. The van der Waals surface area contributed by atoms with Gasteiger partial charge in [0.15, 0.2) is 5.78 Å². The van der Waals surface area contributed by atoms with Crippen molar-refractivity contribution in [2.24, 2.45) is 17.8 Å². The smallest absolute Gasteiger partial charge is 0.408 e. The number of esters is 1. The van der Waals surface area contributed by atoms with Crippen molar-refractivity contribution in [3.63, 3.8) is 0 Å². The van der Waals surface area contributed by atoms with Crippen molar-refractivity contribution in [1.29, 1.82) is 0 Å². The van der Waals surface area contributed by atoms with Crippen LogP contribution in [0.3, 0.4) is 0 Å². The lowest BCUT2D eigenvalue weighted by molar-refractivity contribution is -0.149. The highest BCUT2D eigenvalue weighted by Gasteiger charge is 2.33. The number of alkyl carbamates (subject to hydrolysis) is 1. The quantitative estimate of drug-likeness (QED) is 0.204. The minimum atomic E-state index is -1.13. The summed E-state index contributed by atoms with van der Waals surface area (Å²) < 4.78 is 11.0. The molecule has 0 radical (unpaired) electrons. The predicted octanol–water partition coefficient (Wildman–Crippen LogP) is 3.53. The summed E-state index contributed by atoms with van der Waals surface area (Å²) in [6.07, 6.45) is 1.86. The van der Waals surface area contributed by atoms with E-state index in [0.29, 0.717) is 5.56 Å². The minimum Gasteiger partial charge on any atom is -0.508 e. The topological polar surface area (TPSA) is 189 Å². The van der Waals surface area contributed by atoms with E-state index >= 15 is 0 Å². The van der Waals surface area contributed by atoms with Gasteiger partial charge in [-0.05, 0) is 61.9 Å². The van der Waals surface area contributed by atoms with E-state index in [0.717, 1.165) is 5.56 Å². The molecule has 0 saturated heterocycles. The summed E-state index contributed by atoms with van der Waals surface area (Å²) in [5, 5.41) is 20.5. The van der Waals surface area contributed by atoms with Crippen LogP contribution in [0.5, 0.6) is 5.75 Å². The molecule has 52 heavy (non-hydrogen) atoms. The van der Waals surface area contributed by atoms with Crippen LogP contribution in [0, 0.1) is 17.8 Å². The van der Waals surface area contributed by atoms with E-state index in [4.69, 9.17) is 9.47 Å². The molecule has 0 spiro atoms. The molecule has 5 N–H and O–H groups in total. The maximum absolute atomic E-state index is 13.9. The first kappa shape index (κ1) is 41.2. The first-order chi connectivity index (χ1) is 24.4. The molecule has 282 valence electrons. The highest BCUT2D eigenvalue weighted by Crippen LogP contribution is 2.17. The standard InChI is InChI=1S/C39H52N4O9/c1-23(2)33(43-35(47)29(19-25-11-9-8-10-12-25)41-38(50)52-39(5,6)7)31(45)21-27-15-18-32(46)42-34(24(3)4)36(48)40-30(37(49)51-22-27)20-26-13-16-28(44)17-14-26/h8-18,23-24,27,29-30,33-34,44H,19-22H2,1-7H3,(H,40,48)(H,41,50)(H,42,46)(H,43,47)/b18-15+/t27-,29-,30-,33-,34-/m0/s1. The average molecular weight is 721 g/mol. The van der Waals surface area contributed by atoms with Gasteiger partial charge in [-0.3, -0.25) is 19.2 Å². The van der Waals surface area contributed by atoms with Crippen molar-refractivity contribution in [2.45, 2.75) is 97.5 Å². The van der Waals surface area contributed by atoms with Gasteiger partial charge in [0, 0.05) is 25.2 Å². The first-order valence-corrected chi connectivity index (χ1v) is 17.5. The van der Waals surface area contributed by atoms with Crippen molar-refractivity contribution in [3.8, 4) is 5.75 Å². The molecule has 0 bridgehead atoms. The third-order valence-corrected chi connectivity index (χ3v) is 8.25. The fraction of sp³-hybridized carbons (Fsp3) is 0.487. The number of amides is 4. The molecule has 13 heteroatoms. The fourth-order valence-electron chi connectivity index (χ4n) is 5.52. The molecule has 5 atom stereocenters. The number of benzene rings is 2. The van der Waals surface area contributed by atoms with E-state index in [-0.39, 0.29) is 49.2 Å². The second kappa shape index (κ2) is 18.9. The zero-order chi connectivity index (χ0) is 38.6. The molecule has 13 nitrogen and oxygen atoms in total. The van der Waals surface area contributed by atoms with Gasteiger partial charge in [0.1, 0.15) is 29.5 Å². The summed E-state index contributed by atoms with van der Waals surface area (Å²) in [6, 6.07) is 11.1. The van der Waals surface area contributed by atoms with Gasteiger partial charge in [-0.15, -0.1) is 0 Å². The van der Waals surface area contributed by atoms with Gasteiger partial charge in [-0.1, -0.05) is 76.2 Å². The lowest BCUT2D eigenvalue weighted by atomic mass is 9.92. The number of ether oxygens (including phenoxy) is 2. The number of ketones is 1. The Kier molecular flexibility index (Phi) is 15.0. The Labute approximate surface area is 305 Å². The maximum atomic E-state index is 13.9. The molecule has 1 aliphatic heterocycles. The number of carbonyl (C=O) groups excluding carboxylic acids is 6. The molecule has 1 aliphatic rings. The summed E-state index contributed by atoms with van der Waals surface area (Å²) >= 11 is 0. The number of nitrogens with one attached hydrogen (secondary N) is 4. The van der Waals surface area contributed by atoms with Crippen molar-refractivity contribution in [2.75, 3.05) is 6.61 Å². The molecule has 0 aromatic heterocycles. The van der Waals surface area contributed by atoms with Gasteiger partial charge in [0.05, 0.1) is 12.6 Å². The summed E-state index contributed by atoms with van der Waals surface area (Å²) in [5.41, 5.74) is 0.623. The number of aromatic hydroxyl groups is 1. The van der Waals surface area contributed by atoms with E-state index in [2.05, 4.69) is 21.3 Å². The number of cyclic esters (lactones) is 1. The minimum absolute atomic E-state index is 0.0397. The van der Waals surface area contributed by atoms with E-state index in [1.54, 1.807) is 60.6 Å². The Bertz CT molecular complexity index is 1580. The van der Waals surface area contributed by atoms with Crippen LogP contribution >= 0.6 is 0 Å². The van der Waals surface area contributed by atoms with E-state index in [9.17, 15) is 33.9 Å². The van der Waals surface area contributed by atoms with Gasteiger partial charge >= 0.3 is 12.1 Å². The SMILES string of the molecule is CC(C)[C@H](NC(=O)[C@H](Cc1ccccc1)NC(=O)OC(C)(C)C)C(=O)C[C@@H]1/C=C/C(=O)N[C@@H](C(C)C)C(=O)N[C@@H](Cc2ccc(O)cc2)C(=O)OC1. The number of carbonyl (C=O) groups is 6. The number of rotatable bonds is 12. The number of phenols is 1. The summed E-state index contributed by atoms with van der Waals surface area (Å²) in [5.74, 6) is -4.26. The van der Waals surface area contributed by atoms with Gasteiger partial charge in [0.2, 0.25) is 17.7 Å². The first-order valence-electron chi connectivity index (χ1n) is 17.5. The van der Waals surface area contributed by atoms with Crippen molar-refractivity contribution in [3.05, 3.63) is 77.9 Å². The normalized spacial score (nSPS) is 20.2. The lowest BCUT2D eigenvalue weighted by Crippen LogP contribution is -2.55. The van der Waals surface area contributed by atoms with Crippen molar-refractivity contribution >= 4 is 35.6 Å². The van der Waals surface area contributed by atoms with Crippen LogP contribution in [0.15, 0.2) is 66.7 Å². The van der Waals surface area contributed by atoms with Crippen LogP contribution < -0.4 is 21.3 Å². The second-order valence-corrected chi connectivity index (χ2v) is 14.7. The third-order valence-electron chi connectivity index (χ3n) is 8.25. The Morgan fingerprint density at radius 2 is 1.58 bits per heavy atom. The Morgan fingerprint density at radius 3 is 2.17 bits per heavy atom. The molecule has 1 heterocycles. The van der Waals surface area contributed by atoms with Crippen molar-refractivity contribution in [1.82, 2.24) is 21.3 Å². The molecule has 2 aromatic carbocycles. The van der Waals surface area contributed by atoms with Gasteiger partial charge < -0.3 is 35.8 Å². The van der Waals surface area contributed by atoms with Crippen LogP contribution in [0.2, 0.25) is 0 Å². The highest BCUT2D eigenvalue weighted by atomic mass is 16.6. The molecule has 0 saturated carbocycles. The van der Waals surface area contributed by atoms with Crippen LogP contribution in [0.1, 0.15) is 66.0 Å². The van der Waals surface area contributed by atoms with Gasteiger partial charge in [-0.2, -0.15) is 0 Å². The molecule has 0 unspecified atom stereocenters. The monoisotopic (exact) mass is 720 g/mol. The number of phenolic OH excluding ortho intramolecular Hbond substituents is 1. The number of hydrogen-bond acceptors (Lipinski definition) is 9. The largest absolute Gasteiger partial charge is 0.508 e. The van der Waals surface area contributed by atoms with E-state index in [1.807, 2.05) is 30.3 Å². The van der Waals surface area contributed by atoms with Crippen molar-refractivity contribution < 1.29 is 43.3 Å². The van der Waals surface area contributed by atoms with E-state index in [1.165, 1.54) is 24.3 Å². The van der Waals surface area contributed by atoms with E-state index < -0.39 is 65.5 Å². The third kappa shape index (κ3) is 13.5. The van der Waals surface area contributed by atoms with Crippen LogP contribution in [-0.4, -0.2) is 77.0 Å². The Balaban J connectivity index is 1.83.